The molecule has 0 unspecified atom stereocenters. The van der Waals surface area contributed by atoms with E-state index in [0.29, 0.717) is 0 Å². The predicted molar refractivity (Wildman–Crippen MR) is 116 cm³/mol. The van der Waals surface area contributed by atoms with E-state index < -0.39 is 0 Å². The summed E-state index contributed by atoms with van der Waals surface area (Å²) >= 11 is 3.34. The number of aryl methyl sites for hydroxylation is 2. The third kappa shape index (κ3) is 3.10. The lowest BCUT2D eigenvalue weighted by atomic mass is 10.1. The van der Waals surface area contributed by atoms with Crippen LogP contribution in [-0.2, 0) is 12.3 Å². The molecule has 0 amide bonds. The van der Waals surface area contributed by atoms with Gasteiger partial charge < -0.3 is 4.57 Å². The van der Waals surface area contributed by atoms with Gasteiger partial charge in [0.15, 0.2) is 4.34 Å². The van der Waals surface area contributed by atoms with Gasteiger partial charge in [0, 0.05) is 12.1 Å². The second kappa shape index (κ2) is 7.07. The summed E-state index contributed by atoms with van der Waals surface area (Å²) in [6.07, 6.45) is 2.00. The fourth-order valence-electron chi connectivity index (χ4n) is 3.32. The second-order valence-corrected chi connectivity index (χ2v) is 8.82. The number of para-hydroxylation sites is 2. The highest BCUT2D eigenvalue weighted by atomic mass is 32.2. The van der Waals surface area contributed by atoms with Crippen molar-refractivity contribution in [3.05, 3.63) is 66.1 Å². The van der Waals surface area contributed by atoms with E-state index >= 15 is 0 Å². The van der Waals surface area contributed by atoms with Crippen LogP contribution in [-0.4, -0.2) is 24.1 Å². The number of hydrogen-bond donors (Lipinski definition) is 0. The van der Waals surface area contributed by atoms with Crippen LogP contribution in [0.5, 0.6) is 0 Å². The Labute approximate surface area is 171 Å². The van der Waals surface area contributed by atoms with Gasteiger partial charge in [-0.2, -0.15) is 0 Å². The highest BCUT2D eigenvalue weighted by Crippen LogP contribution is 2.30. The molecule has 0 aliphatic carbocycles. The van der Waals surface area contributed by atoms with Crippen molar-refractivity contribution in [3.63, 3.8) is 0 Å². The van der Waals surface area contributed by atoms with Crippen molar-refractivity contribution in [2.24, 2.45) is 0 Å². The maximum Gasteiger partial charge on any atom is 0.213 e. The summed E-state index contributed by atoms with van der Waals surface area (Å²) in [6.45, 7) is 5.16. The zero-order valence-corrected chi connectivity index (χ0v) is 17.3. The molecule has 5 aromatic rings. The Morgan fingerprint density at radius 1 is 1.04 bits per heavy atom. The molecular formula is C21H19N5S2. The van der Waals surface area contributed by atoms with Gasteiger partial charge in [-0.25, -0.2) is 14.5 Å². The maximum absolute atomic E-state index is 4.80. The number of benzene rings is 2. The fraction of sp³-hybridized carbons (Fsp3) is 0.190. The zero-order chi connectivity index (χ0) is 19.1. The molecular weight excluding hydrogens is 386 g/mol. The largest absolute Gasteiger partial charge is 0.328 e. The average molecular weight is 406 g/mol. The Kier molecular flexibility index (Phi) is 4.41. The molecule has 0 radical (unpaired) electrons. The van der Waals surface area contributed by atoms with Crippen molar-refractivity contribution in [2.75, 3.05) is 0 Å². The Balaban J connectivity index is 1.37. The van der Waals surface area contributed by atoms with Crippen molar-refractivity contribution >= 4 is 39.1 Å². The van der Waals surface area contributed by atoms with Gasteiger partial charge in [-0.15, -0.1) is 5.10 Å². The summed E-state index contributed by atoms with van der Waals surface area (Å²) < 4.78 is 5.16. The van der Waals surface area contributed by atoms with Crippen LogP contribution in [0.15, 0.2) is 59.1 Å². The van der Waals surface area contributed by atoms with Crippen molar-refractivity contribution in [1.82, 2.24) is 24.1 Å². The van der Waals surface area contributed by atoms with E-state index in [9.17, 15) is 0 Å². The number of imidazole rings is 2. The van der Waals surface area contributed by atoms with Gasteiger partial charge in [0.05, 0.1) is 28.7 Å². The lowest BCUT2D eigenvalue weighted by Crippen LogP contribution is -2.00. The fourth-order valence-corrected chi connectivity index (χ4v) is 5.19. The topological polar surface area (TPSA) is 48.0 Å². The minimum Gasteiger partial charge on any atom is -0.328 e. The zero-order valence-electron chi connectivity index (χ0n) is 15.7. The molecule has 0 saturated carbocycles. The summed E-state index contributed by atoms with van der Waals surface area (Å²) in [7, 11) is 0. The summed E-state index contributed by atoms with van der Waals surface area (Å²) in [6, 6.07) is 16.7. The van der Waals surface area contributed by atoms with Crippen molar-refractivity contribution in [1.29, 1.82) is 0 Å². The molecule has 0 bridgehead atoms. The minimum absolute atomic E-state index is 0.796. The van der Waals surface area contributed by atoms with Crippen LogP contribution >= 0.6 is 23.1 Å². The highest BCUT2D eigenvalue weighted by Gasteiger charge is 2.13. The van der Waals surface area contributed by atoms with Gasteiger partial charge in [-0.3, -0.25) is 0 Å². The highest BCUT2D eigenvalue weighted by molar-refractivity contribution is 8.00. The van der Waals surface area contributed by atoms with E-state index in [4.69, 9.17) is 15.1 Å². The predicted octanol–water partition coefficient (Wildman–Crippen LogP) is 5.43. The van der Waals surface area contributed by atoms with Gasteiger partial charge in [0.1, 0.15) is 5.82 Å². The number of rotatable bonds is 5. The molecule has 0 saturated heterocycles. The second-order valence-electron chi connectivity index (χ2n) is 6.64. The summed E-state index contributed by atoms with van der Waals surface area (Å²) in [4.78, 5) is 10.5. The first-order valence-electron chi connectivity index (χ1n) is 9.21. The van der Waals surface area contributed by atoms with E-state index in [1.807, 2.05) is 16.8 Å². The van der Waals surface area contributed by atoms with Crippen molar-refractivity contribution < 1.29 is 0 Å². The van der Waals surface area contributed by atoms with Gasteiger partial charge >= 0.3 is 0 Å². The van der Waals surface area contributed by atoms with E-state index in [2.05, 4.69) is 60.9 Å². The molecule has 0 fully saturated rings. The Morgan fingerprint density at radius 2 is 1.86 bits per heavy atom. The molecule has 3 aromatic heterocycles. The third-order valence-electron chi connectivity index (χ3n) is 4.75. The molecule has 7 heteroatoms. The van der Waals surface area contributed by atoms with E-state index in [-0.39, 0.29) is 0 Å². The molecule has 0 aliphatic rings. The first-order chi connectivity index (χ1) is 13.7. The molecule has 3 heterocycles. The third-order valence-corrected chi connectivity index (χ3v) is 6.80. The van der Waals surface area contributed by atoms with Crippen LogP contribution in [0.4, 0.5) is 0 Å². The van der Waals surface area contributed by atoms with Crippen LogP contribution in [0, 0.1) is 6.92 Å². The smallest absolute Gasteiger partial charge is 0.213 e. The Morgan fingerprint density at radius 3 is 2.64 bits per heavy atom. The lowest BCUT2D eigenvalue weighted by molar-refractivity contribution is 0.748. The Bertz CT molecular complexity index is 1230. The number of nitrogens with zero attached hydrogens (tertiary/aromatic N) is 5. The van der Waals surface area contributed by atoms with Crippen LogP contribution < -0.4 is 0 Å². The SMILES string of the molecule is CCn1c(CSc2nn3cc(-c4ccc(C)cc4)nc3s2)nc2ccccc21. The van der Waals surface area contributed by atoms with Gasteiger partial charge in [-0.05, 0) is 26.0 Å². The van der Waals surface area contributed by atoms with E-state index in [0.717, 1.165) is 44.2 Å². The number of hydrogen-bond acceptors (Lipinski definition) is 5. The summed E-state index contributed by atoms with van der Waals surface area (Å²) in [5, 5.41) is 4.70. The number of fused-ring (bicyclic) bond motifs is 2. The standard InChI is InChI=1S/C21H19N5S2/c1-3-25-18-7-5-4-6-16(18)22-19(25)13-27-21-24-26-12-17(23-20(26)28-21)15-10-8-14(2)9-11-15/h4-12H,3,13H2,1-2H3. The van der Waals surface area contributed by atoms with Gasteiger partial charge in [0.25, 0.3) is 0 Å². The molecule has 28 heavy (non-hydrogen) atoms. The average Bonchev–Trinajstić information content (AvgIpc) is 3.37. The van der Waals surface area contributed by atoms with Crippen molar-refractivity contribution in [2.45, 2.75) is 30.5 Å². The van der Waals surface area contributed by atoms with Crippen LogP contribution in [0.1, 0.15) is 18.3 Å². The molecule has 0 aliphatic heterocycles. The molecule has 5 nitrogen and oxygen atoms in total. The van der Waals surface area contributed by atoms with Crippen LogP contribution in [0.25, 0.3) is 27.3 Å². The van der Waals surface area contributed by atoms with Crippen LogP contribution in [0.2, 0.25) is 0 Å². The molecule has 5 rings (SSSR count). The van der Waals surface area contributed by atoms with E-state index in [1.54, 1.807) is 23.1 Å². The number of aromatic nitrogens is 5. The number of thioether (sulfide) groups is 1. The van der Waals surface area contributed by atoms with Gasteiger partial charge in [0.2, 0.25) is 4.96 Å². The monoisotopic (exact) mass is 405 g/mol. The first kappa shape index (κ1) is 17.5. The van der Waals surface area contributed by atoms with Crippen LogP contribution in [0.3, 0.4) is 0 Å². The maximum atomic E-state index is 4.80. The molecule has 2 aromatic carbocycles. The normalized spacial score (nSPS) is 11.6. The Hall–Kier alpha value is -2.64. The van der Waals surface area contributed by atoms with E-state index in [1.165, 1.54) is 11.1 Å². The minimum atomic E-state index is 0.796. The first-order valence-corrected chi connectivity index (χ1v) is 11.0. The summed E-state index contributed by atoms with van der Waals surface area (Å²) in [5.74, 6) is 1.88. The van der Waals surface area contributed by atoms with Gasteiger partial charge in [-0.1, -0.05) is 65.1 Å². The lowest BCUT2D eigenvalue weighted by Gasteiger charge is -2.04. The molecule has 140 valence electrons. The summed E-state index contributed by atoms with van der Waals surface area (Å²) in [5.41, 5.74) is 5.57. The molecule has 0 spiro atoms. The molecule has 0 atom stereocenters. The van der Waals surface area contributed by atoms with Crippen molar-refractivity contribution in [3.8, 4) is 11.3 Å². The molecule has 0 N–H and O–H groups in total. The quantitative estimate of drug-likeness (QED) is 0.366.